The van der Waals surface area contributed by atoms with E-state index in [-0.39, 0.29) is 0 Å². The second kappa shape index (κ2) is 7.20. The van der Waals surface area contributed by atoms with Crippen LogP contribution in [-0.2, 0) is 13.1 Å². The zero-order valence-electron chi connectivity index (χ0n) is 12.6. The number of anilines is 1. The summed E-state index contributed by atoms with van der Waals surface area (Å²) in [5.41, 5.74) is 1.16. The molecule has 2 rings (SSSR count). The maximum absolute atomic E-state index is 4.75. The van der Waals surface area contributed by atoms with Gasteiger partial charge in [-0.05, 0) is 25.3 Å². The van der Waals surface area contributed by atoms with Crippen LogP contribution in [0, 0.1) is 6.92 Å². The molecule has 5 heteroatoms. The summed E-state index contributed by atoms with van der Waals surface area (Å²) in [5.74, 6) is 0. The summed E-state index contributed by atoms with van der Waals surface area (Å²) in [6, 6.07) is 4.81. The van der Waals surface area contributed by atoms with E-state index in [4.69, 9.17) is 4.98 Å². The number of thiophene rings is 1. The molecule has 0 unspecified atom stereocenters. The predicted molar refractivity (Wildman–Crippen MR) is 89.9 cm³/mol. The Morgan fingerprint density at radius 3 is 2.80 bits per heavy atom. The summed E-state index contributed by atoms with van der Waals surface area (Å²) < 4.78 is 0. The molecule has 0 aromatic carbocycles. The third-order valence-electron chi connectivity index (χ3n) is 3.13. The van der Waals surface area contributed by atoms with Gasteiger partial charge in [0, 0.05) is 28.9 Å². The number of thiazole rings is 1. The molecule has 0 aliphatic heterocycles. The molecule has 0 bridgehead atoms. The summed E-state index contributed by atoms with van der Waals surface area (Å²) in [6.07, 6.45) is 0. The zero-order chi connectivity index (χ0) is 14.5. The van der Waals surface area contributed by atoms with Crippen LogP contribution in [0.15, 0.2) is 17.5 Å². The van der Waals surface area contributed by atoms with Crippen molar-refractivity contribution in [2.24, 2.45) is 0 Å². The SMILES string of the molecule is CCN(Cc1cccs1)c1nc(C)c(CNC(C)C)s1. The molecule has 0 fully saturated rings. The molecule has 0 amide bonds. The Morgan fingerprint density at radius 2 is 2.20 bits per heavy atom. The summed E-state index contributed by atoms with van der Waals surface area (Å²) in [6.45, 7) is 11.5. The van der Waals surface area contributed by atoms with Crippen LogP contribution in [0.4, 0.5) is 5.13 Å². The maximum atomic E-state index is 4.75. The van der Waals surface area contributed by atoms with Gasteiger partial charge >= 0.3 is 0 Å². The van der Waals surface area contributed by atoms with Gasteiger partial charge in [0.1, 0.15) is 0 Å². The Hall–Kier alpha value is -0.910. The summed E-state index contributed by atoms with van der Waals surface area (Å²) in [4.78, 5) is 9.83. The van der Waals surface area contributed by atoms with Crippen molar-refractivity contribution in [1.82, 2.24) is 10.3 Å². The minimum absolute atomic E-state index is 0.508. The van der Waals surface area contributed by atoms with Crippen molar-refractivity contribution in [3.05, 3.63) is 33.0 Å². The molecule has 3 nitrogen and oxygen atoms in total. The molecular weight excluding hydrogens is 286 g/mol. The van der Waals surface area contributed by atoms with Crippen molar-refractivity contribution in [3.8, 4) is 0 Å². The van der Waals surface area contributed by atoms with Crippen molar-refractivity contribution < 1.29 is 0 Å². The molecular formula is C15H23N3S2. The highest BCUT2D eigenvalue weighted by Crippen LogP contribution is 2.27. The average Bonchev–Trinajstić information content (AvgIpc) is 3.03. The lowest BCUT2D eigenvalue weighted by Crippen LogP contribution is -2.21. The number of hydrogen-bond acceptors (Lipinski definition) is 5. The van der Waals surface area contributed by atoms with Gasteiger partial charge in [-0.1, -0.05) is 19.9 Å². The molecule has 0 aliphatic rings. The summed E-state index contributed by atoms with van der Waals surface area (Å²) in [5, 5.41) is 6.74. The standard InChI is InChI=1S/C15H23N3S2/c1-5-18(10-13-7-6-8-19-13)15-17-12(4)14(20-15)9-16-11(2)3/h6-8,11,16H,5,9-10H2,1-4H3. The van der Waals surface area contributed by atoms with E-state index < -0.39 is 0 Å². The largest absolute Gasteiger partial charge is 0.343 e. The van der Waals surface area contributed by atoms with E-state index in [0.29, 0.717) is 6.04 Å². The van der Waals surface area contributed by atoms with Crippen LogP contribution >= 0.6 is 22.7 Å². The first-order valence-corrected chi connectivity index (χ1v) is 8.76. The molecule has 0 radical (unpaired) electrons. The second-order valence-corrected chi connectivity index (χ2v) is 7.23. The molecule has 0 saturated carbocycles. The fourth-order valence-electron chi connectivity index (χ4n) is 1.91. The number of aryl methyl sites for hydroxylation is 1. The molecule has 2 aromatic heterocycles. The third-order valence-corrected chi connectivity index (χ3v) is 5.21. The first-order chi connectivity index (χ1) is 9.60. The molecule has 0 spiro atoms. The quantitative estimate of drug-likeness (QED) is 0.836. The van der Waals surface area contributed by atoms with Crippen LogP contribution in [0.1, 0.15) is 36.2 Å². The van der Waals surface area contributed by atoms with Gasteiger partial charge in [-0.2, -0.15) is 0 Å². The average molecular weight is 310 g/mol. The number of hydrogen-bond donors (Lipinski definition) is 1. The molecule has 110 valence electrons. The zero-order valence-corrected chi connectivity index (χ0v) is 14.3. The Kier molecular flexibility index (Phi) is 5.57. The lowest BCUT2D eigenvalue weighted by atomic mass is 10.3. The first kappa shape index (κ1) is 15.5. The van der Waals surface area contributed by atoms with Gasteiger partial charge in [0.05, 0.1) is 12.2 Å². The lowest BCUT2D eigenvalue weighted by Gasteiger charge is -2.18. The predicted octanol–water partition coefficient (Wildman–Crippen LogP) is 4.04. The van der Waals surface area contributed by atoms with Crippen molar-refractivity contribution in [3.63, 3.8) is 0 Å². The fourth-order valence-corrected chi connectivity index (χ4v) is 3.71. The number of nitrogens with one attached hydrogen (secondary N) is 1. The van der Waals surface area contributed by atoms with E-state index >= 15 is 0 Å². The van der Waals surface area contributed by atoms with Gasteiger partial charge in [-0.25, -0.2) is 4.98 Å². The highest BCUT2D eigenvalue weighted by Gasteiger charge is 2.14. The Bertz CT molecular complexity index is 517. The van der Waals surface area contributed by atoms with E-state index in [0.717, 1.165) is 30.5 Å². The van der Waals surface area contributed by atoms with Crippen LogP contribution in [0.25, 0.3) is 0 Å². The smallest absolute Gasteiger partial charge is 0.186 e. The molecule has 0 aliphatic carbocycles. The fraction of sp³-hybridized carbons (Fsp3) is 0.533. The Morgan fingerprint density at radius 1 is 1.40 bits per heavy atom. The highest BCUT2D eigenvalue weighted by molar-refractivity contribution is 7.15. The maximum Gasteiger partial charge on any atom is 0.186 e. The first-order valence-electron chi connectivity index (χ1n) is 7.07. The van der Waals surface area contributed by atoms with Crippen LogP contribution in [0.5, 0.6) is 0 Å². The monoisotopic (exact) mass is 309 g/mol. The van der Waals surface area contributed by atoms with E-state index in [1.807, 2.05) is 22.7 Å². The van der Waals surface area contributed by atoms with E-state index in [1.165, 1.54) is 9.75 Å². The van der Waals surface area contributed by atoms with Crippen molar-refractivity contribution >= 4 is 27.8 Å². The number of rotatable bonds is 7. The lowest BCUT2D eigenvalue weighted by molar-refractivity contribution is 0.591. The number of aromatic nitrogens is 1. The van der Waals surface area contributed by atoms with Gasteiger partial charge in [0.15, 0.2) is 5.13 Å². The van der Waals surface area contributed by atoms with Crippen LogP contribution in [-0.4, -0.2) is 17.6 Å². The molecule has 20 heavy (non-hydrogen) atoms. The number of nitrogens with zero attached hydrogens (tertiary/aromatic N) is 2. The topological polar surface area (TPSA) is 28.2 Å². The minimum atomic E-state index is 0.508. The normalized spacial score (nSPS) is 11.2. The molecule has 2 aromatic rings. The molecule has 0 saturated heterocycles. The van der Waals surface area contributed by atoms with Crippen molar-refractivity contribution in [1.29, 1.82) is 0 Å². The Balaban J connectivity index is 2.08. The summed E-state index contributed by atoms with van der Waals surface area (Å²) in [7, 11) is 0. The van der Waals surface area contributed by atoms with Gasteiger partial charge in [-0.3, -0.25) is 0 Å². The molecule has 0 atom stereocenters. The van der Waals surface area contributed by atoms with E-state index in [9.17, 15) is 0 Å². The van der Waals surface area contributed by atoms with Crippen LogP contribution in [0.3, 0.4) is 0 Å². The van der Waals surface area contributed by atoms with Gasteiger partial charge in [0.2, 0.25) is 0 Å². The highest BCUT2D eigenvalue weighted by atomic mass is 32.1. The van der Waals surface area contributed by atoms with Crippen LogP contribution < -0.4 is 10.2 Å². The third kappa shape index (κ3) is 4.04. The minimum Gasteiger partial charge on any atom is -0.343 e. The van der Waals surface area contributed by atoms with Gasteiger partial charge in [0.25, 0.3) is 0 Å². The van der Waals surface area contributed by atoms with Crippen LogP contribution in [0.2, 0.25) is 0 Å². The van der Waals surface area contributed by atoms with E-state index in [1.54, 1.807) is 0 Å². The summed E-state index contributed by atoms with van der Waals surface area (Å²) >= 11 is 3.62. The molecule has 1 N–H and O–H groups in total. The van der Waals surface area contributed by atoms with Gasteiger partial charge < -0.3 is 10.2 Å². The van der Waals surface area contributed by atoms with Crippen molar-refractivity contribution in [2.45, 2.75) is 46.8 Å². The van der Waals surface area contributed by atoms with Gasteiger partial charge in [-0.15, -0.1) is 22.7 Å². The molecule has 2 heterocycles. The van der Waals surface area contributed by atoms with Crippen molar-refractivity contribution in [2.75, 3.05) is 11.4 Å². The van der Waals surface area contributed by atoms with E-state index in [2.05, 4.69) is 55.4 Å². The second-order valence-electron chi connectivity index (χ2n) is 5.13. The Labute approximate surface area is 129 Å².